The van der Waals surface area contributed by atoms with Crippen LogP contribution in [0.15, 0.2) is 29.1 Å². The van der Waals surface area contributed by atoms with Crippen molar-refractivity contribution in [1.29, 1.82) is 0 Å². The highest BCUT2D eigenvalue weighted by Crippen LogP contribution is 2.33. The molecule has 6 nitrogen and oxygen atoms in total. The molecular weight excluding hydrogens is 272 g/mol. The van der Waals surface area contributed by atoms with Gasteiger partial charge in [0.15, 0.2) is 11.5 Å². The summed E-state index contributed by atoms with van der Waals surface area (Å²) in [6.45, 7) is 1.75. The van der Waals surface area contributed by atoms with Crippen LogP contribution in [0, 0.1) is 6.92 Å². The maximum Gasteiger partial charge on any atom is 0.261 e. The average Bonchev–Trinajstić information content (AvgIpc) is 2.46. The lowest BCUT2D eigenvalue weighted by atomic mass is 10.0. The molecule has 2 rings (SSSR count). The third kappa shape index (κ3) is 2.74. The van der Waals surface area contributed by atoms with E-state index in [0.29, 0.717) is 22.8 Å². The summed E-state index contributed by atoms with van der Waals surface area (Å²) in [5.74, 6) is 0.387. The van der Waals surface area contributed by atoms with Gasteiger partial charge < -0.3 is 20.2 Å². The van der Waals surface area contributed by atoms with Crippen molar-refractivity contribution in [3.63, 3.8) is 0 Å². The maximum absolute atomic E-state index is 11.7. The van der Waals surface area contributed by atoms with E-state index in [1.807, 2.05) is 6.07 Å². The number of benzene rings is 1. The second-order valence-electron chi connectivity index (χ2n) is 4.48. The number of ether oxygens (including phenoxy) is 2. The second-order valence-corrected chi connectivity index (χ2v) is 4.48. The lowest BCUT2D eigenvalue weighted by Gasteiger charge is -2.11. The SMILES string of the molecule is COc1ccc(-c2cc(C(N)=O)c(=O)[nH]c2C)cc1OC. The Morgan fingerprint density at radius 2 is 1.81 bits per heavy atom. The quantitative estimate of drug-likeness (QED) is 0.890. The summed E-state index contributed by atoms with van der Waals surface area (Å²) in [5.41, 5.74) is 6.75. The van der Waals surface area contributed by atoms with Crippen LogP contribution in [-0.2, 0) is 0 Å². The minimum atomic E-state index is -0.766. The molecule has 0 fully saturated rings. The number of aryl methyl sites for hydroxylation is 1. The molecule has 1 heterocycles. The Labute approximate surface area is 121 Å². The van der Waals surface area contributed by atoms with Crippen LogP contribution in [-0.4, -0.2) is 25.1 Å². The molecule has 6 heteroatoms. The number of nitrogens with two attached hydrogens (primary N) is 1. The number of rotatable bonds is 4. The molecule has 0 aliphatic heterocycles. The predicted molar refractivity (Wildman–Crippen MR) is 78.9 cm³/mol. The number of hydrogen-bond donors (Lipinski definition) is 2. The number of aromatic amines is 1. The van der Waals surface area contributed by atoms with E-state index in [2.05, 4.69) is 4.98 Å². The standard InChI is InChI=1S/C15H16N2O4/c1-8-10(7-11(14(16)18)15(19)17-8)9-4-5-12(20-2)13(6-9)21-3/h4-7H,1-3H3,(H2,16,18)(H,17,19). The Kier molecular flexibility index (Phi) is 3.98. The Bertz CT molecular complexity index is 750. The van der Waals surface area contributed by atoms with Crippen LogP contribution < -0.4 is 20.8 Å². The predicted octanol–water partition coefficient (Wildman–Crippen LogP) is 1.47. The molecule has 1 amide bonds. The fraction of sp³-hybridized carbons (Fsp3) is 0.200. The van der Waals surface area contributed by atoms with Crippen molar-refractivity contribution >= 4 is 5.91 Å². The molecule has 0 bridgehead atoms. The van der Waals surface area contributed by atoms with E-state index < -0.39 is 11.5 Å². The first-order chi connectivity index (χ1) is 9.97. The van der Waals surface area contributed by atoms with E-state index in [0.717, 1.165) is 5.56 Å². The Hall–Kier alpha value is -2.76. The minimum absolute atomic E-state index is 0.0783. The van der Waals surface area contributed by atoms with E-state index in [4.69, 9.17) is 15.2 Å². The highest BCUT2D eigenvalue weighted by Gasteiger charge is 2.13. The van der Waals surface area contributed by atoms with E-state index in [-0.39, 0.29) is 5.56 Å². The molecule has 0 saturated heterocycles. The lowest BCUT2D eigenvalue weighted by molar-refractivity contribution is 0.0999. The van der Waals surface area contributed by atoms with Gasteiger partial charge in [0.05, 0.1) is 14.2 Å². The summed E-state index contributed by atoms with van der Waals surface area (Å²) in [6, 6.07) is 6.82. The van der Waals surface area contributed by atoms with Gasteiger partial charge in [-0.15, -0.1) is 0 Å². The first kappa shape index (κ1) is 14.6. The van der Waals surface area contributed by atoms with Crippen molar-refractivity contribution in [3.05, 3.63) is 45.9 Å². The van der Waals surface area contributed by atoms with Gasteiger partial charge in [0.2, 0.25) is 0 Å². The molecule has 1 aromatic carbocycles. The molecule has 1 aromatic heterocycles. The third-order valence-corrected chi connectivity index (χ3v) is 3.20. The fourth-order valence-corrected chi connectivity index (χ4v) is 2.11. The summed E-state index contributed by atoms with van der Waals surface area (Å²) in [4.78, 5) is 25.6. The van der Waals surface area contributed by atoms with Crippen LogP contribution in [0.3, 0.4) is 0 Å². The topological polar surface area (TPSA) is 94.4 Å². The van der Waals surface area contributed by atoms with Crippen LogP contribution in [0.4, 0.5) is 0 Å². The molecular formula is C15H16N2O4. The average molecular weight is 288 g/mol. The van der Waals surface area contributed by atoms with E-state index in [1.54, 1.807) is 26.2 Å². The number of carbonyl (C=O) groups is 1. The minimum Gasteiger partial charge on any atom is -0.493 e. The van der Waals surface area contributed by atoms with Crippen LogP contribution in [0.5, 0.6) is 11.5 Å². The summed E-state index contributed by atoms with van der Waals surface area (Å²) in [5, 5.41) is 0. The molecule has 0 aliphatic rings. The number of amides is 1. The van der Waals surface area contributed by atoms with Crippen LogP contribution in [0.1, 0.15) is 16.1 Å². The third-order valence-electron chi connectivity index (χ3n) is 3.20. The van der Waals surface area contributed by atoms with Gasteiger partial charge >= 0.3 is 0 Å². The maximum atomic E-state index is 11.7. The van der Waals surface area contributed by atoms with Crippen molar-refractivity contribution in [2.75, 3.05) is 14.2 Å². The smallest absolute Gasteiger partial charge is 0.261 e. The summed E-state index contributed by atoms with van der Waals surface area (Å²) in [6.07, 6.45) is 0. The Morgan fingerprint density at radius 1 is 1.14 bits per heavy atom. The highest BCUT2D eigenvalue weighted by atomic mass is 16.5. The van der Waals surface area contributed by atoms with Crippen molar-refractivity contribution in [2.45, 2.75) is 6.92 Å². The van der Waals surface area contributed by atoms with Crippen molar-refractivity contribution in [2.24, 2.45) is 5.73 Å². The Balaban J connectivity index is 2.64. The van der Waals surface area contributed by atoms with Gasteiger partial charge in [-0.2, -0.15) is 0 Å². The number of carbonyl (C=O) groups excluding carboxylic acids is 1. The van der Waals surface area contributed by atoms with Crippen molar-refractivity contribution < 1.29 is 14.3 Å². The highest BCUT2D eigenvalue weighted by molar-refractivity contribution is 5.93. The lowest BCUT2D eigenvalue weighted by Crippen LogP contribution is -2.24. The summed E-state index contributed by atoms with van der Waals surface area (Å²) < 4.78 is 10.4. The van der Waals surface area contributed by atoms with E-state index >= 15 is 0 Å². The monoisotopic (exact) mass is 288 g/mol. The molecule has 110 valence electrons. The molecule has 2 aromatic rings. The largest absolute Gasteiger partial charge is 0.493 e. The van der Waals surface area contributed by atoms with Gasteiger partial charge in [-0.3, -0.25) is 9.59 Å². The number of pyridine rings is 1. The number of hydrogen-bond acceptors (Lipinski definition) is 4. The normalized spacial score (nSPS) is 10.2. The molecule has 0 saturated carbocycles. The van der Waals surface area contributed by atoms with Gasteiger partial charge in [-0.25, -0.2) is 0 Å². The first-order valence-corrected chi connectivity index (χ1v) is 6.24. The molecule has 0 radical (unpaired) electrons. The number of nitrogens with one attached hydrogen (secondary N) is 1. The van der Waals surface area contributed by atoms with Gasteiger partial charge in [-0.1, -0.05) is 6.07 Å². The van der Waals surface area contributed by atoms with Gasteiger partial charge in [-0.05, 0) is 30.7 Å². The van der Waals surface area contributed by atoms with Gasteiger partial charge in [0.1, 0.15) is 5.56 Å². The van der Waals surface area contributed by atoms with Crippen molar-refractivity contribution in [3.8, 4) is 22.6 Å². The fourth-order valence-electron chi connectivity index (χ4n) is 2.11. The van der Waals surface area contributed by atoms with E-state index in [1.165, 1.54) is 13.2 Å². The number of aromatic nitrogens is 1. The van der Waals surface area contributed by atoms with Gasteiger partial charge in [0, 0.05) is 11.3 Å². The molecule has 0 spiro atoms. The zero-order valence-electron chi connectivity index (χ0n) is 12.0. The molecule has 0 atom stereocenters. The van der Waals surface area contributed by atoms with E-state index in [9.17, 15) is 9.59 Å². The van der Waals surface area contributed by atoms with Crippen LogP contribution in [0.2, 0.25) is 0 Å². The molecule has 3 N–H and O–H groups in total. The number of H-pyrrole nitrogens is 1. The first-order valence-electron chi connectivity index (χ1n) is 6.24. The molecule has 0 aliphatic carbocycles. The molecule has 21 heavy (non-hydrogen) atoms. The van der Waals surface area contributed by atoms with Crippen LogP contribution >= 0.6 is 0 Å². The Morgan fingerprint density at radius 3 is 2.38 bits per heavy atom. The summed E-state index contributed by atoms with van der Waals surface area (Å²) >= 11 is 0. The zero-order valence-corrected chi connectivity index (χ0v) is 12.0. The molecule has 0 unspecified atom stereocenters. The van der Waals surface area contributed by atoms with Gasteiger partial charge in [0.25, 0.3) is 11.5 Å². The zero-order chi connectivity index (χ0) is 15.6. The van der Waals surface area contributed by atoms with Crippen molar-refractivity contribution in [1.82, 2.24) is 4.98 Å². The summed E-state index contributed by atoms with van der Waals surface area (Å²) in [7, 11) is 3.09. The number of primary amides is 1. The second kappa shape index (κ2) is 5.70. The number of methoxy groups -OCH3 is 2. The van der Waals surface area contributed by atoms with Crippen LogP contribution in [0.25, 0.3) is 11.1 Å².